The van der Waals surface area contributed by atoms with Crippen molar-refractivity contribution in [3.8, 4) is 0 Å². The van der Waals surface area contributed by atoms with E-state index in [0.29, 0.717) is 6.04 Å². The first kappa shape index (κ1) is 7.86. The molecule has 0 aromatic rings. The van der Waals surface area contributed by atoms with Crippen molar-refractivity contribution in [2.75, 3.05) is 6.54 Å². The lowest BCUT2D eigenvalue weighted by Crippen LogP contribution is -2.42. The molecule has 12 heavy (non-hydrogen) atoms. The predicted molar refractivity (Wildman–Crippen MR) is 48.5 cm³/mol. The van der Waals surface area contributed by atoms with E-state index in [0.717, 1.165) is 18.4 Å². The van der Waals surface area contributed by atoms with E-state index in [9.17, 15) is 0 Å². The van der Waals surface area contributed by atoms with Crippen LogP contribution in [0.4, 0.5) is 0 Å². The molecule has 0 spiro atoms. The third-order valence-electron chi connectivity index (χ3n) is 2.26. The van der Waals surface area contributed by atoms with Crippen molar-refractivity contribution in [2.45, 2.75) is 31.7 Å². The largest absolute Gasteiger partial charge is 0.353 e. The zero-order valence-electron chi connectivity index (χ0n) is 7.21. The van der Waals surface area contributed by atoms with Crippen molar-refractivity contribution < 1.29 is 0 Å². The molecule has 0 aromatic carbocycles. The van der Waals surface area contributed by atoms with Gasteiger partial charge in [0.25, 0.3) is 0 Å². The smallest absolute Gasteiger partial charge is 0.205 e. The van der Waals surface area contributed by atoms with Crippen molar-refractivity contribution in [3.05, 3.63) is 0 Å². The van der Waals surface area contributed by atoms with Gasteiger partial charge in [-0.1, -0.05) is 0 Å². The Labute approximate surface area is 72.6 Å². The van der Waals surface area contributed by atoms with Crippen LogP contribution in [0.1, 0.15) is 25.7 Å². The summed E-state index contributed by atoms with van der Waals surface area (Å²) in [7, 11) is 0. The first-order valence-corrected chi connectivity index (χ1v) is 4.66. The number of nitrogens with one attached hydrogen (secondary N) is 2. The van der Waals surface area contributed by atoms with Crippen molar-refractivity contribution in [3.63, 3.8) is 0 Å². The number of hydrazine groups is 1. The minimum Gasteiger partial charge on any atom is -0.353 e. The molecule has 4 N–H and O–H groups in total. The fourth-order valence-electron chi connectivity index (χ4n) is 1.07. The highest BCUT2D eigenvalue weighted by molar-refractivity contribution is 5.79. The van der Waals surface area contributed by atoms with E-state index in [1.165, 1.54) is 25.7 Å². The monoisotopic (exact) mass is 168 g/mol. The van der Waals surface area contributed by atoms with Crippen molar-refractivity contribution in [2.24, 2.45) is 16.8 Å². The number of hydrogen-bond donors (Lipinski definition) is 3. The molecule has 2 saturated carbocycles. The van der Waals surface area contributed by atoms with Crippen LogP contribution in [-0.2, 0) is 0 Å². The van der Waals surface area contributed by atoms with Gasteiger partial charge in [-0.05, 0) is 31.6 Å². The van der Waals surface area contributed by atoms with Gasteiger partial charge in [-0.25, -0.2) is 5.84 Å². The predicted octanol–water partition coefficient (Wildman–Crippen LogP) is -0.0323. The Morgan fingerprint density at radius 3 is 2.58 bits per heavy atom. The molecule has 2 aliphatic carbocycles. The normalized spacial score (nSPS) is 23.9. The number of nitrogens with two attached hydrogens (primary N) is 1. The van der Waals surface area contributed by atoms with Crippen LogP contribution in [0.25, 0.3) is 0 Å². The lowest BCUT2D eigenvalue weighted by atomic mass is 10.4. The Bertz CT molecular complexity index is 181. The standard InChI is InChI=1S/C8H16N4/c9-12-8(11-7-3-4-7)10-5-6-1-2-6/h6-7H,1-5,9H2,(H2,10,11,12). The minimum absolute atomic E-state index is 0.624. The van der Waals surface area contributed by atoms with E-state index in [-0.39, 0.29) is 0 Å². The molecule has 2 aliphatic rings. The van der Waals surface area contributed by atoms with Crippen LogP contribution in [0.15, 0.2) is 4.99 Å². The fraction of sp³-hybridized carbons (Fsp3) is 0.875. The van der Waals surface area contributed by atoms with Gasteiger partial charge in [-0.15, -0.1) is 0 Å². The third kappa shape index (κ3) is 2.37. The van der Waals surface area contributed by atoms with Gasteiger partial charge in [-0.2, -0.15) is 0 Å². The SMILES string of the molecule is NNC(=NCC1CC1)NC1CC1. The van der Waals surface area contributed by atoms with E-state index in [1.54, 1.807) is 0 Å². The van der Waals surface area contributed by atoms with Crippen LogP contribution in [0.3, 0.4) is 0 Å². The van der Waals surface area contributed by atoms with Gasteiger partial charge in [-0.3, -0.25) is 10.4 Å². The molecular formula is C8H16N4. The molecule has 0 saturated heterocycles. The van der Waals surface area contributed by atoms with Crippen LogP contribution in [-0.4, -0.2) is 18.5 Å². The van der Waals surface area contributed by atoms with Crippen LogP contribution in [0.2, 0.25) is 0 Å². The highest BCUT2D eigenvalue weighted by Gasteiger charge is 2.23. The molecule has 0 heterocycles. The summed E-state index contributed by atoms with van der Waals surface area (Å²) in [6.07, 6.45) is 5.18. The number of guanidine groups is 1. The van der Waals surface area contributed by atoms with Crippen molar-refractivity contribution in [1.29, 1.82) is 0 Å². The molecule has 68 valence electrons. The summed E-state index contributed by atoms with van der Waals surface area (Å²) in [6, 6.07) is 0.624. The quantitative estimate of drug-likeness (QED) is 0.240. The maximum Gasteiger partial charge on any atom is 0.205 e. The summed E-state index contributed by atoms with van der Waals surface area (Å²) >= 11 is 0. The summed E-state index contributed by atoms with van der Waals surface area (Å²) in [5, 5.41) is 3.24. The zero-order chi connectivity index (χ0) is 8.39. The molecule has 4 nitrogen and oxygen atoms in total. The van der Waals surface area contributed by atoms with Crippen LogP contribution >= 0.6 is 0 Å². The van der Waals surface area contributed by atoms with Gasteiger partial charge in [0.15, 0.2) is 0 Å². The van der Waals surface area contributed by atoms with E-state index in [1.807, 2.05) is 0 Å². The number of rotatable bonds is 3. The Balaban J connectivity index is 1.73. The van der Waals surface area contributed by atoms with Gasteiger partial charge in [0.1, 0.15) is 0 Å². The van der Waals surface area contributed by atoms with E-state index in [4.69, 9.17) is 5.84 Å². The average molecular weight is 168 g/mol. The summed E-state index contributed by atoms with van der Waals surface area (Å²) in [4.78, 5) is 4.35. The number of hydrogen-bond acceptors (Lipinski definition) is 2. The van der Waals surface area contributed by atoms with Gasteiger partial charge in [0, 0.05) is 12.6 Å². The molecule has 0 aliphatic heterocycles. The summed E-state index contributed by atoms with van der Waals surface area (Å²) < 4.78 is 0. The molecule has 0 aromatic heterocycles. The van der Waals surface area contributed by atoms with Gasteiger partial charge in [0.05, 0.1) is 0 Å². The minimum atomic E-state index is 0.624. The second-order valence-electron chi connectivity index (χ2n) is 3.70. The van der Waals surface area contributed by atoms with Crippen LogP contribution in [0.5, 0.6) is 0 Å². The maximum absolute atomic E-state index is 5.31. The first-order chi connectivity index (χ1) is 5.88. The average Bonchev–Trinajstić information content (AvgIpc) is 2.92. The Morgan fingerprint density at radius 2 is 2.08 bits per heavy atom. The second-order valence-corrected chi connectivity index (χ2v) is 3.70. The third-order valence-corrected chi connectivity index (χ3v) is 2.26. The topological polar surface area (TPSA) is 62.4 Å². The lowest BCUT2D eigenvalue weighted by molar-refractivity contribution is 0.787. The van der Waals surface area contributed by atoms with E-state index < -0.39 is 0 Å². The van der Waals surface area contributed by atoms with Gasteiger partial charge in [0.2, 0.25) is 5.96 Å². The maximum atomic E-state index is 5.31. The van der Waals surface area contributed by atoms with E-state index >= 15 is 0 Å². The van der Waals surface area contributed by atoms with Gasteiger partial charge >= 0.3 is 0 Å². The Hall–Kier alpha value is -0.770. The number of nitrogens with zero attached hydrogens (tertiary/aromatic N) is 1. The highest BCUT2D eigenvalue weighted by atomic mass is 15.3. The molecule has 0 amide bonds. The Morgan fingerprint density at radius 1 is 1.33 bits per heavy atom. The summed E-state index contributed by atoms with van der Waals surface area (Å²) in [5.41, 5.74) is 2.60. The molecule has 0 atom stereocenters. The molecule has 0 bridgehead atoms. The molecular weight excluding hydrogens is 152 g/mol. The van der Waals surface area contributed by atoms with Crippen LogP contribution in [0, 0.1) is 5.92 Å². The van der Waals surface area contributed by atoms with Gasteiger partial charge < -0.3 is 5.32 Å². The lowest BCUT2D eigenvalue weighted by Gasteiger charge is -2.06. The van der Waals surface area contributed by atoms with E-state index in [2.05, 4.69) is 15.7 Å². The first-order valence-electron chi connectivity index (χ1n) is 4.66. The molecule has 4 heteroatoms. The molecule has 0 unspecified atom stereocenters. The van der Waals surface area contributed by atoms with Crippen molar-refractivity contribution in [1.82, 2.24) is 10.7 Å². The zero-order valence-corrected chi connectivity index (χ0v) is 7.21. The molecule has 2 rings (SSSR count). The summed E-state index contributed by atoms with van der Waals surface area (Å²) in [6.45, 7) is 0.930. The highest BCUT2D eigenvalue weighted by Crippen LogP contribution is 2.28. The molecule has 2 fully saturated rings. The summed E-state index contributed by atoms with van der Waals surface area (Å²) in [5.74, 6) is 6.91. The second kappa shape index (κ2) is 3.31. The van der Waals surface area contributed by atoms with Crippen LogP contribution < -0.4 is 16.6 Å². The Kier molecular flexibility index (Phi) is 2.17. The fourth-order valence-corrected chi connectivity index (χ4v) is 1.07. The van der Waals surface area contributed by atoms with Crippen molar-refractivity contribution >= 4 is 5.96 Å². The number of aliphatic imine (C=N–C) groups is 1. The molecule has 0 radical (unpaired) electrons.